The van der Waals surface area contributed by atoms with Crippen LogP contribution >= 0.6 is 7.82 Å². The van der Waals surface area contributed by atoms with Crippen LogP contribution in [-0.4, -0.2) is 66.5 Å². The molecule has 0 rings (SSSR count). The number of carbonyl (C=O) groups is 3. The smallest absolute Gasteiger partial charge is 0.462 e. The van der Waals surface area contributed by atoms with Crippen LogP contribution in [0, 0.1) is 0 Å². The van der Waals surface area contributed by atoms with Crippen LogP contribution in [0.4, 0.5) is 0 Å². The molecule has 3 atom stereocenters. The molecule has 0 aromatic heterocycles. The summed E-state index contributed by atoms with van der Waals surface area (Å²) in [5, 5.41) is 9.80. The third kappa shape index (κ3) is 52.1. The summed E-state index contributed by atoms with van der Waals surface area (Å²) in [4.78, 5) is 48.5. The largest absolute Gasteiger partial charge is 0.472 e. The summed E-state index contributed by atoms with van der Waals surface area (Å²) in [6.45, 7) is 4.50. The minimum atomic E-state index is -4.75. The standard InChI is InChI=1S/C60H107O11P/c1-4-7-10-13-16-19-22-25-27-28-30-33-36-39-42-45-48-51-60(64)71-57(53-67-58(62)49-46-43-40-37-34-32-29-26-23-20-17-14-11-8-5-2)55-69-72(65,66)68-54-56(52-61)70-59(63)50-47-44-41-38-35-31-24-21-18-15-12-9-6-3/h7,10,16,19,21,24-27,29,56-57,61H,4-6,8-9,11-15,17-18,20,22-23,28,30-55H2,1-3H3,(H,65,66)/b10-7-,19-16-,24-21-,27-25-,29-26-. The van der Waals surface area contributed by atoms with Crippen LogP contribution in [0.1, 0.15) is 265 Å². The Morgan fingerprint density at radius 3 is 1.14 bits per heavy atom. The van der Waals surface area contributed by atoms with Crippen molar-refractivity contribution in [3.05, 3.63) is 60.8 Å². The third-order valence-electron chi connectivity index (χ3n) is 12.4. The summed E-state index contributed by atoms with van der Waals surface area (Å²) >= 11 is 0. The lowest BCUT2D eigenvalue weighted by Crippen LogP contribution is -2.30. The van der Waals surface area contributed by atoms with Gasteiger partial charge in [-0.05, 0) is 103 Å². The molecule has 0 spiro atoms. The van der Waals surface area contributed by atoms with Gasteiger partial charge >= 0.3 is 25.7 Å². The van der Waals surface area contributed by atoms with Crippen LogP contribution < -0.4 is 0 Å². The van der Waals surface area contributed by atoms with E-state index in [4.69, 9.17) is 23.3 Å². The predicted octanol–water partition coefficient (Wildman–Crippen LogP) is 17.1. The van der Waals surface area contributed by atoms with Gasteiger partial charge in [-0.25, -0.2) is 4.57 Å². The summed E-state index contributed by atoms with van der Waals surface area (Å²) in [5.41, 5.74) is 0. The van der Waals surface area contributed by atoms with Crippen LogP contribution in [0.25, 0.3) is 0 Å². The third-order valence-corrected chi connectivity index (χ3v) is 13.3. The van der Waals surface area contributed by atoms with Gasteiger partial charge in [0.05, 0.1) is 19.8 Å². The molecule has 0 aliphatic carbocycles. The van der Waals surface area contributed by atoms with Crippen LogP contribution in [0.15, 0.2) is 60.8 Å². The number of phosphoric acid groups is 1. The van der Waals surface area contributed by atoms with Gasteiger partial charge in [-0.1, -0.05) is 204 Å². The van der Waals surface area contributed by atoms with Gasteiger partial charge < -0.3 is 24.2 Å². The number of ether oxygens (including phenoxy) is 3. The fraction of sp³-hybridized carbons (Fsp3) is 0.783. The van der Waals surface area contributed by atoms with Gasteiger partial charge in [0.1, 0.15) is 12.7 Å². The Kier molecular flexibility index (Phi) is 52.3. The molecule has 0 aromatic carbocycles. The molecule has 0 aromatic rings. The van der Waals surface area contributed by atoms with E-state index in [1.807, 2.05) is 0 Å². The maximum Gasteiger partial charge on any atom is 0.472 e. The quantitative estimate of drug-likeness (QED) is 0.0197. The van der Waals surface area contributed by atoms with Crippen LogP contribution in [0.3, 0.4) is 0 Å². The molecule has 0 aliphatic rings. The van der Waals surface area contributed by atoms with Gasteiger partial charge in [-0.2, -0.15) is 0 Å². The molecule has 11 nitrogen and oxygen atoms in total. The number of rotatable bonds is 54. The molecule has 0 heterocycles. The van der Waals surface area contributed by atoms with E-state index in [1.165, 1.54) is 70.6 Å². The monoisotopic (exact) mass is 1030 g/mol. The maximum atomic E-state index is 12.9. The molecule has 0 amide bonds. The number of phosphoric ester groups is 1. The first-order valence-electron chi connectivity index (χ1n) is 29.2. The van der Waals surface area contributed by atoms with Crippen molar-refractivity contribution < 1.29 is 52.2 Å². The Labute approximate surface area is 440 Å². The summed E-state index contributed by atoms with van der Waals surface area (Å²) in [5.74, 6) is -1.49. The van der Waals surface area contributed by atoms with Gasteiger partial charge in [0.15, 0.2) is 6.10 Å². The second-order valence-corrected chi connectivity index (χ2v) is 20.9. The van der Waals surface area contributed by atoms with E-state index >= 15 is 0 Å². The molecular weight excluding hydrogens is 928 g/mol. The highest BCUT2D eigenvalue weighted by molar-refractivity contribution is 7.47. The lowest BCUT2D eigenvalue weighted by Gasteiger charge is -2.21. The first-order valence-corrected chi connectivity index (χ1v) is 30.7. The van der Waals surface area contributed by atoms with Gasteiger partial charge in [0.2, 0.25) is 0 Å². The highest BCUT2D eigenvalue weighted by atomic mass is 31.2. The molecule has 72 heavy (non-hydrogen) atoms. The van der Waals surface area contributed by atoms with E-state index in [1.54, 1.807) is 0 Å². The zero-order valence-electron chi connectivity index (χ0n) is 46.1. The lowest BCUT2D eigenvalue weighted by molar-refractivity contribution is -0.161. The molecule has 12 heteroatoms. The molecular formula is C60H107O11P. The second-order valence-electron chi connectivity index (χ2n) is 19.4. The lowest BCUT2D eigenvalue weighted by atomic mass is 10.1. The normalized spacial score (nSPS) is 13.8. The molecule has 0 fully saturated rings. The molecule has 0 aliphatic heterocycles. The first-order chi connectivity index (χ1) is 35.2. The number of aliphatic hydroxyl groups is 1. The van der Waals surface area contributed by atoms with Crippen molar-refractivity contribution in [2.45, 2.75) is 277 Å². The molecule has 0 bridgehead atoms. The van der Waals surface area contributed by atoms with Crippen LogP contribution in [0.5, 0.6) is 0 Å². The molecule has 2 N–H and O–H groups in total. The van der Waals surface area contributed by atoms with Crippen LogP contribution in [-0.2, 0) is 42.2 Å². The number of allylic oxidation sites excluding steroid dienone is 10. The predicted molar refractivity (Wildman–Crippen MR) is 298 cm³/mol. The second kappa shape index (κ2) is 54.4. The minimum Gasteiger partial charge on any atom is -0.462 e. The van der Waals surface area contributed by atoms with E-state index in [-0.39, 0.29) is 25.9 Å². The minimum absolute atomic E-state index is 0.154. The Morgan fingerprint density at radius 2 is 0.722 bits per heavy atom. The van der Waals surface area contributed by atoms with Crippen molar-refractivity contribution in [3.63, 3.8) is 0 Å². The van der Waals surface area contributed by atoms with Crippen molar-refractivity contribution in [1.29, 1.82) is 0 Å². The zero-order chi connectivity index (χ0) is 52.7. The fourth-order valence-electron chi connectivity index (χ4n) is 7.95. The van der Waals surface area contributed by atoms with Crippen molar-refractivity contribution >= 4 is 25.7 Å². The number of hydrogen-bond acceptors (Lipinski definition) is 10. The first kappa shape index (κ1) is 69.2. The highest BCUT2D eigenvalue weighted by Gasteiger charge is 2.28. The molecule has 3 unspecified atom stereocenters. The molecule has 418 valence electrons. The van der Waals surface area contributed by atoms with Crippen molar-refractivity contribution in [2.75, 3.05) is 26.4 Å². The van der Waals surface area contributed by atoms with E-state index < -0.39 is 57.8 Å². The zero-order valence-corrected chi connectivity index (χ0v) is 47.0. The Hall–Kier alpha value is -2.82. The summed E-state index contributed by atoms with van der Waals surface area (Å²) in [6, 6.07) is 0. The Balaban J connectivity index is 4.75. The van der Waals surface area contributed by atoms with Crippen molar-refractivity contribution in [1.82, 2.24) is 0 Å². The Morgan fingerprint density at radius 1 is 0.403 bits per heavy atom. The average molecular weight is 1040 g/mol. The highest BCUT2D eigenvalue weighted by Crippen LogP contribution is 2.43. The number of unbranched alkanes of at least 4 members (excludes halogenated alkanes) is 27. The summed E-state index contributed by atoms with van der Waals surface area (Å²) < 4.78 is 39.5. The number of hydrogen-bond donors (Lipinski definition) is 2. The van der Waals surface area contributed by atoms with Gasteiger partial charge in [0.25, 0.3) is 0 Å². The molecule has 0 radical (unpaired) electrons. The number of esters is 3. The van der Waals surface area contributed by atoms with E-state index in [9.17, 15) is 28.9 Å². The summed E-state index contributed by atoms with van der Waals surface area (Å²) in [6.07, 6.45) is 58.9. The van der Waals surface area contributed by atoms with Crippen LogP contribution in [0.2, 0.25) is 0 Å². The van der Waals surface area contributed by atoms with Gasteiger partial charge in [-0.3, -0.25) is 23.4 Å². The van der Waals surface area contributed by atoms with Gasteiger partial charge in [0, 0.05) is 19.3 Å². The topological polar surface area (TPSA) is 155 Å². The average Bonchev–Trinajstić information content (AvgIpc) is 3.37. The number of aliphatic hydroxyl groups excluding tert-OH is 1. The van der Waals surface area contributed by atoms with E-state index in [0.717, 1.165) is 135 Å². The summed E-state index contributed by atoms with van der Waals surface area (Å²) in [7, 11) is -4.75. The maximum absolute atomic E-state index is 12.9. The van der Waals surface area contributed by atoms with E-state index in [0.29, 0.717) is 19.3 Å². The van der Waals surface area contributed by atoms with Crippen molar-refractivity contribution in [2.24, 2.45) is 0 Å². The SMILES string of the molecule is CC/C=C\C/C=C\C/C=C\CCCCCCCCCC(=O)OC(COC(=O)CCCCCCC/C=C\CCCCCCCC)COP(=O)(O)OCC(CO)OC(=O)CCCCCCC/C=C\CCCCCC. The molecule has 0 saturated carbocycles. The fourth-order valence-corrected chi connectivity index (χ4v) is 8.73. The van der Waals surface area contributed by atoms with Gasteiger partial charge in [-0.15, -0.1) is 0 Å². The molecule has 0 saturated heterocycles. The van der Waals surface area contributed by atoms with E-state index in [2.05, 4.69) is 81.5 Å². The number of carbonyl (C=O) groups excluding carboxylic acids is 3. The van der Waals surface area contributed by atoms with Crippen molar-refractivity contribution in [3.8, 4) is 0 Å². The Bertz CT molecular complexity index is 1440.